The van der Waals surface area contributed by atoms with Crippen LogP contribution in [0.1, 0.15) is 124 Å². The number of aromatic nitrogens is 1. The lowest BCUT2D eigenvalue weighted by Gasteiger charge is -2.40. The monoisotopic (exact) mass is 1400 g/mol. The fourth-order valence-electron chi connectivity index (χ4n) is 20.9. The molecule has 0 saturated heterocycles. The summed E-state index contributed by atoms with van der Waals surface area (Å²) in [6.45, 7) is 14.5. The normalized spacial score (nSPS) is 20.4. The minimum absolute atomic E-state index is 0.116. The molecule has 0 radical (unpaired) electrons. The van der Waals surface area contributed by atoms with Crippen molar-refractivity contribution in [1.29, 1.82) is 0 Å². The van der Waals surface area contributed by atoms with Crippen molar-refractivity contribution >= 4 is 105 Å². The Morgan fingerprint density at radius 3 is 2.13 bits per heavy atom. The van der Waals surface area contributed by atoms with Gasteiger partial charge in [-0.3, -0.25) is 0 Å². The van der Waals surface area contributed by atoms with Crippen LogP contribution in [-0.2, 0) is 12.5 Å². The lowest BCUT2D eigenvalue weighted by Crippen LogP contribution is -2.44. The molecule has 0 spiro atoms. The highest BCUT2D eigenvalue weighted by molar-refractivity contribution is 6.24. The molecule has 108 heavy (non-hydrogen) atoms. The van der Waals surface area contributed by atoms with Gasteiger partial charge in [0.05, 0.1) is 28.5 Å². The summed E-state index contributed by atoms with van der Waals surface area (Å²) in [6, 6.07) is 75.5. The predicted molar refractivity (Wildman–Crippen MR) is 449 cm³/mol. The van der Waals surface area contributed by atoms with Gasteiger partial charge in [-0.2, -0.15) is 0 Å². The predicted octanol–water partition coefficient (Wildman–Crippen LogP) is 23.6. The van der Waals surface area contributed by atoms with Gasteiger partial charge >= 0.3 is 0 Å². The molecule has 0 amide bonds. The van der Waals surface area contributed by atoms with Crippen LogP contribution in [-0.4, -0.2) is 11.6 Å². The number of allylic oxidation sites excluding steroid dienone is 17. The number of ether oxygens (including phenoxy) is 1. The van der Waals surface area contributed by atoms with Crippen molar-refractivity contribution in [2.75, 3.05) is 16.8 Å². The Kier molecular flexibility index (Phi) is 14.4. The van der Waals surface area contributed by atoms with Crippen molar-refractivity contribution in [2.24, 2.45) is 30.2 Å². The van der Waals surface area contributed by atoms with E-state index >= 15 is 0 Å². The van der Waals surface area contributed by atoms with Gasteiger partial charge in [0.15, 0.2) is 11.3 Å². The topological polar surface area (TPSA) is 45.8 Å². The molecule has 4 atom stereocenters. The number of furan rings is 1. The van der Waals surface area contributed by atoms with Gasteiger partial charge in [0.1, 0.15) is 11.3 Å². The van der Waals surface area contributed by atoms with Crippen LogP contribution >= 0.6 is 0 Å². The van der Waals surface area contributed by atoms with Crippen molar-refractivity contribution in [2.45, 2.75) is 91.4 Å². The van der Waals surface area contributed by atoms with Crippen molar-refractivity contribution in [3.05, 3.63) is 355 Å². The van der Waals surface area contributed by atoms with Crippen LogP contribution in [0.15, 0.2) is 305 Å². The van der Waals surface area contributed by atoms with E-state index in [1.165, 1.54) is 94.0 Å². The number of nitrogens with one attached hydrogen (secondary N) is 1. The first-order chi connectivity index (χ1) is 52.9. The van der Waals surface area contributed by atoms with Gasteiger partial charge in [0.25, 0.3) is 0 Å². The molecule has 0 bridgehead atoms. The van der Waals surface area contributed by atoms with E-state index in [2.05, 4.69) is 348 Å². The molecule has 9 aliphatic rings. The average Bonchev–Trinajstić information content (AvgIpc) is 1.26. The van der Waals surface area contributed by atoms with Crippen LogP contribution < -0.4 is 30.3 Å². The van der Waals surface area contributed by atoms with Gasteiger partial charge in [-0.15, -0.1) is 0 Å². The van der Waals surface area contributed by atoms with E-state index in [0.29, 0.717) is 5.92 Å². The van der Waals surface area contributed by atoms with E-state index in [1.807, 2.05) is 0 Å². The first kappa shape index (κ1) is 64.4. The SMILES string of the molecule is CN/C(=C(\c1ccccc1C)c1c2ccccc2c(N(C2=CC3=C(CC2)C2=C(C=CCC2C)C3(C)C)c2cccc3c2oc2ccccc23)c2ccccc12)c1c(C2=c3ccccc3=C(N(c3ccc4c(c3)C(C)(C)C3=C4C#CCC3)c3cccc4c3OC3=CC=CCC34)C3C=CC=CC23)c2ccccc2n1C. The van der Waals surface area contributed by atoms with E-state index in [1.54, 1.807) is 5.57 Å². The fourth-order valence-corrected chi connectivity index (χ4v) is 20.9. The molecule has 0 saturated carbocycles. The Hall–Kier alpha value is -12.0. The van der Waals surface area contributed by atoms with Crippen LogP contribution in [0.5, 0.6) is 5.75 Å². The maximum Gasteiger partial charge on any atom is 0.159 e. The quantitative estimate of drug-likeness (QED) is 0.103. The second-order valence-corrected chi connectivity index (χ2v) is 32.1. The molecule has 2 aromatic heterocycles. The minimum atomic E-state index is -0.196. The number of hydrogen-bond donors (Lipinski definition) is 1. The second kappa shape index (κ2) is 24.2. The lowest BCUT2D eigenvalue weighted by molar-refractivity contribution is 0.426. The summed E-state index contributed by atoms with van der Waals surface area (Å²) < 4.78 is 16.9. The molecule has 1 N–H and O–H groups in total. The van der Waals surface area contributed by atoms with Crippen LogP contribution in [0.2, 0.25) is 0 Å². The van der Waals surface area contributed by atoms with Gasteiger partial charge in [0, 0.05) is 132 Å². The number of para-hydroxylation sites is 4. The molecule has 524 valence electrons. The number of hydrogen-bond acceptors (Lipinski definition) is 5. The number of aryl methyl sites for hydroxylation is 2. The Balaban J connectivity index is 0.846. The second-order valence-electron chi connectivity index (χ2n) is 32.1. The zero-order valence-electron chi connectivity index (χ0n) is 62.5. The number of rotatable bonds is 11. The van der Waals surface area contributed by atoms with Crippen molar-refractivity contribution in [3.63, 3.8) is 0 Å². The van der Waals surface area contributed by atoms with E-state index in [4.69, 9.17) is 9.15 Å². The van der Waals surface area contributed by atoms with Gasteiger partial charge < -0.3 is 28.8 Å². The summed E-state index contributed by atoms with van der Waals surface area (Å²) in [6.07, 6.45) is 29.3. The van der Waals surface area contributed by atoms with E-state index in [9.17, 15) is 0 Å². The Bertz CT molecular complexity index is 6530. The smallest absolute Gasteiger partial charge is 0.159 e. The standard InChI is InChI=1S/C102H84N4O2/c1-60-30-9-10-32-64(60)93(91-69-36-11-15-40-73(69)96(74-41-16-12-37-70(74)91)106(87-51-29-46-78-68-35-22-26-53-89(68)108-100(78)87)63-55-57-79-84(59-63)102(5,6)82-48-27-31-61(2)90(79)82)95(103-7)98-94(80-44-20-24-49-85(80)104(98)8)92-71-38-13-17-42-75(71)97(76-43-18-14-39-72(76)92)105(86-50-28-45-77-67-34-21-25-52-88(67)107-99(77)86)62-54-56-66-65-33-19-23-47-81(65)101(3,4)83(66)58-62/h9-18,20-22,24-30,32,35-46,48-54,56,58-59,61,67,71,75,103H,23,31,34,47,55,57H2,1-8H3/b95-93+. The zero-order chi connectivity index (χ0) is 72.6. The molecule has 1 aliphatic heterocycles. The molecule has 3 heterocycles. The summed E-state index contributed by atoms with van der Waals surface area (Å²) >= 11 is 0. The first-order valence-corrected chi connectivity index (χ1v) is 39.0. The highest BCUT2D eigenvalue weighted by Crippen LogP contribution is 2.60. The third-order valence-corrected chi connectivity index (χ3v) is 25.8. The van der Waals surface area contributed by atoms with Gasteiger partial charge in [0.2, 0.25) is 0 Å². The van der Waals surface area contributed by atoms with E-state index in [0.717, 1.165) is 144 Å². The highest BCUT2D eigenvalue weighted by atomic mass is 16.5. The molecule has 21 rings (SSSR count). The molecule has 0 fully saturated rings. The third kappa shape index (κ3) is 9.21. The van der Waals surface area contributed by atoms with Crippen molar-refractivity contribution in [1.82, 2.24) is 9.88 Å². The summed E-state index contributed by atoms with van der Waals surface area (Å²) in [5.74, 6) is 9.44. The number of anilines is 4. The summed E-state index contributed by atoms with van der Waals surface area (Å²) in [4.78, 5) is 5.23. The van der Waals surface area contributed by atoms with Crippen LogP contribution in [0.25, 0.3) is 82.5 Å². The van der Waals surface area contributed by atoms with Gasteiger partial charge in [-0.1, -0.05) is 259 Å². The highest BCUT2D eigenvalue weighted by Gasteiger charge is 2.46. The summed E-state index contributed by atoms with van der Waals surface area (Å²) in [5.41, 5.74) is 31.2. The number of fused-ring (bicyclic) bond motifs is 14. The van der Waals surface area contributed by atoms with Crippen molar-refractivity contribution in [3.8, 4) is 17.6 Å². The minimum Gasteiger partial charge on any atom is -0.459 e. The average molecular weight is 1400 g/mol. The summed E-state index contributed by atoms with van der Waals surface area (Å²) in [5, 5.41) is 14.6. The van der Waals surface area contributed by atoms with Crippen LogP contribution in [0.4, 0.5) is 22.7 Å². The fraction of sp³-hybridized carbons (Fsp3) is 0.196. The third-order valence-electron chi connectivity index (χ3n) is 25.8. The summed E-state index contributed by atoms with van der Waals surface area (Å²) in [7, 11) is 4.45. The van der Waals surface area contributed by atoms with Crippen LogP contribution in [0, 0.1) is 41.9 Å². The molecular weight excluding hydrogens is 1310 g/mol. The van der Waals surface area contributed by atoms with Crippen molar-refractivity contribution < 1.29 is 9.15 Å². The first-order valence-electron chi connectivity index (χ1n) is 39.0. The van der Waals surface area contributed by atoms with E-state index < -0.39 is 0 Å². The Morgan fingerprint density at radius 2 is 1.32 bits per heavy atom. The molecule has 10 aromatic carbocycles. The largest absolute Gasteiger partial charge is 0.459 e. The van der Waals surface area contributed by atoms with Crippen LogP contribution in [0.3, 0.4) is 0 Å². The molecule has 6 nitrogen and oxygen atoms in total. The zero-order valence-corrected chi connectivity index (χ0v) is 62.5. The maximum atomic E-state index is 7.22. The lowest BCUT2D eigenvalue weighted by atomic mass is 9.72. The molecule has 6 heteroatoms. The molecule has 4 unspecified atom stereocenters. The molecule has 8 aliphatic carbocycles. The Labute approximate surface area is 631 Å². The van der Waals surface area contributed by atoms with Gasteiger partial charge in [-0.05, 0) is 165 Å². The number of benzene rings is 10. The number of nitrogens with zero attached hydrogens (tertiary/aromatic N) is 3. The molecular formula is C102H84N4O2. The Morgan fingerprint density at radius 1 is 0.620 bits per heavy atom. The molecule has 12 aromatic rings. The maximum absolute atomic E-state index is 7.22. The van der Waals surface area contributed by atoms with Gasteiger partial charge in [-0.25, -0.2) is 0 Å². The van der Waals surface area contributed by atoms with E-state index in [-0.39, 0.29) is 28.6 Å².